The highest BCUT2D eigenvalue weighted by atomic mass is 16.1. The molecule has 0 aliphatic heterocycles. The number of Topliss-reactive ketones (excluding diaryl/α,β-unsaturated/α-hetero) is 1. The predicted octanol–water partition coefficient (Wildman–Crippen LogP) is 1.50. The van der Waals surface area contributed by atoms with Crippen molar-refractivity contribution >= 4 is 5.78 Å². The Hall–Kier alpha value is -0.370. The van der Waals surface area contributed by atoms with Gasteiger partial charge in [0.15, 0.2) is 0 Å². The van der Waals surface area contributed by atoms with Gasteiger partial charge in [-0.25, -0.2) is 0 Å². The van der Waals surface area contributed by atoms with Crippen molar-refractivity contribution in [3.05, 3.63) is 0 Å². The van der Waals surface area contributed by atoms with Gasteiger partial charge in [0.25, 0.3) is 0 Å². The van der Waals surface area contributed by atoms with Crippen LogP contribution in [0.15, 0.2) is 0 Å². The van der Waals surface area contributed by atoms with Crippen LogP contribution in [0.1, 0.15) is 38.5 Å². The third-order valence-corrected chi connectivity index (χ3v) is 2.63. The van der Waals surface area contributed by atoms with Crippen LogP contribution in [0.2, 0.25) is 0 Å². The highest BCUT2D eigenvalue weighted by molar-refractivity contribution is 5.79. The first-order valence-electron chi connectivity index (χ1n) is 5.09. The molecule has 0 bridgehead atoms. The second-order valence-electron chi connectivity index (χ2n) is 4.16. The maximum absolute atomic E-state index is 11.3. The van der Waals surface area contributed by atoms with E-state index in [0.717, 1.165) is 31.3 Å². The average Bonchev–Trinajstić information content (AvgIpc) is 2.77. The lowest BCUT2D eigenvalue weighted by molar-refractivity contribution is -0.119. The summed E-state index contributed by atoms with van der Waals surface area (Å²) in [7, 11) is 0. The Kier molecular flexibility index (Phi) is 2.45. The third-order valence-electron chi connectivity index (χ3n) is 2.63. The second-order valence-corrected chi connectivity index (χ2v) is 4.16. The van der Waals surface area contributed by atoms with E-state index >= 15 is 0 Å². The van der Waals surface area contributed by atoms with Gasteiger partial charge in [-0.1, -0.05) is 0 Å². The van der Waals surface area contributed by atoms with Crippen molar-refractivity contribution in [2.75, 3.05) is 6.54 Å². The molecule has 2 aliphatic carbocycles. The molecule has 0 aromatic heterocycles. The molecule has 1 N–H and O–H groups in total. The lowest BCUT2D eigenvalue weighted by Gasteiger charge is -2.00. The standard InChI is InChI=1S/C10H17NO/c12-10(7-8-1-2-8)5-6-11-9-3-4-9/h8-9,11H,1-7H2. The van der Waals surface area contributed by atoms with E-state index in [2.05, 4.69) is 5.32 Å². The molecule has 0 atom stereocenters. The van der Waals surface area contributed by atoms with Crippen molar-refractivity contribution in [1.29, 1.82) is 0 Å². The zero-order chi connectivity index (χ0) is 8.39. The normalized spacial score (nSPS) is 22.7. The molecule has 68 valence electrons. The molecule has 12 heavy (non-hydrogen) atoms. The summed E-state index contributed by atoms with van der Waals surface area (Å²) < 4.78 is 0. The smallest absolute Gasteiger partial charge is 0.134 e. The minimum Gasteiger partial charge on any atom is -0.314 e. The van der Waals surface area contributed by atoms with Crippen LogP contribution >= 0.6 is 0 Å². The molecule has 0 amide bonds. The number of hydrogen-bond acceptors (Lipinski definition) is 2. The Bertz CT molecular complexity index is 171. The van der Waals surface area contributed by atoms with E-state index in [1.54, 1.807) is 0 Å². The van der Waals surface area contributed by atoms with Gasteiger partial charge in [-0.05, 0) is 31.6 Å². The van der Waals surface area contributed by atoms with Crippen LogP contribution in [-0.2, 0) is 4.79 Å². The SMILES string of the molecule is O=C(CCNC1CC1)CC1CC1. The van der Waals surface area contributed by atoms with E-state index < -0.39 is 0 Å². The van der Waals surface area contributed by atoms with Gasteiger partial charge in [-0.15, -0.1) is 0 Å². The van der Waals surface area contributed by atoms with E-state index in [0.29, 0.717) is 5.78 Å². The summed E-state index contributed by atoms with van der Waals surface area (Å²) in [5, 5.41) is 3.36. The molecule has 2 heteroatoms. The molecule has 2 nitrogen and oxygen atoms in total. The van der Waals surface area contributed by atoms with Gasteiger partial charge in [0.2, 0.25) is 0 Å². The minimum atomic E-state index is 0.464. The fourth-order valence-electron chi connectivity index (χ4n) is 1.45. The van der Waals surface area contributed by atoms with Gasteiger partial charge < -0.3 is 5.32 Å². The monoisotopic (exact) mass is 167 g/mol. The maximum Gasteiger partial charge on any atom is 0.134 e. The molecule has 2 saturated carbocycles. The van der Waals surface area contributed by atoms with Crippen molar-refractivity contribution < 1.29 is 4.79 Å². The van der Waals surface area contributed by atoms with Gasteiger partial charge in [0, 0.05) is 25.4 Å². The topological polar surface area (TPSA) is 29.1 Å². The fraction of sp³-hybridized carbons (Fsp3) is 0.900. The summed E-state index contributed by atoms with van der Waals surface area (Å²) in [6.45, 7) is 0.913. The number of carbonyl (C=O) groups excluding carboxylic acids is 1. The number of nitrogens with one attached hydrogen (secondary N) is 1. The van der Waals surface area contributed by atoms with Crippen molar-refractivity contribution in [3.63, 3.8) is 0 Å². The molecule has 2 rings (SSSR count). The summed E-state index contributed by atoms with van der Waals surface area (Å²) in [6, 6.07) is 0.749. The Balaban J connectivity index is 1.49. The van der Waals surface area contributed by atoms with Gasteiger partial charge >= 0.3 is 0 Å². The largest absolute Gasteiger partial charge is 0.314 e. The van der Waals surface area contributed by atoms with Crippen molar-refractivity contribution in [2.24, 2.45) is 5.92 Å². The molecule has 2 aliphatic rings. The molecule has 0 radical (unpaired) electrons. The zero-order valence-corrected chi connectivity index (χ0v) is 7.51. The zero-order valence-electron chi connectivity index (χ0n) is 7.51. The lowest BCUT2D eigenvalue weighted by atomic mass is 10.1. The van der Waals surface area contributed by atoms with Crippen molar-refractivity contribution in [1.82, 2.24) is 5.32 Å². The number of carbonyl (C=O) groups is 1. The van der Waals surface area contributed by atoms with E-state index in [9.17, 15) is 4.79 Å². The van der Waals surface area contributed by atoms with Crippen LogP contribution < -0.4 is 5.32 Å². The minimum absolute atomic E-state index is 0.464. The fourth-order valence-corrected chi connectivity index (χ4v) is 1.45. The molecule has 0 aromatic rings. The predicted molar refractivity (Wildman–Crippen MR) is 48.0 cm³/mol. The van der Waals surface area contributed by atoms with Gasteiger partial charge in [-0.3, -0.25) is 4.79 Å². The van der Waals surface area contributed by atoms with Gasteiger partial charge in [0.1, 0.15) is 5.78 Å². The molecular formula is C10H17NO. The second kappa shape index (κ2) is 3.56. The highest BCUT2D eigenvalue weighted by Gasteiger charge is 2.24. The molecular weight excluding hydrogens is 150 g/mol. The van der Waals surface area contributed by atoms with E-state index in [1.807, 2.05) is 0 Å². The Morgan fingerprint density at radius 3 is 2.58 bits per heavy atom. The molecule has 0 spiro atoms. The first kappa shape index (κ1) is 8.24. The molecule has 0 saturated heterocycles. The maximum atomic E-state index is 11.3. The van der Waals surface area contributed by atoms with Gasteiger partial charge in [0.05, 0.1) is 0 Å². The van der Waals surface area contributed by atoms with E-state index in [4.69, 9.17) is 0 Å². The van der Waals surface area contributed by atoms with Crippen LogP contribution in [-0.4, -0.2) is 18.4 Å². The van der Waals surface area contributed by atoms with Crippen LogP contribution in [0, 0.1) is 5.92 Å². The average molecular weight is 167 g/mol. The molecule has 0 heterocycles. The highest BCUT2D eigenvalue weighted by Crippen LogP contribution is 2.32. The summed E-state index contributed by atoms with van der Waals surface area (Å²) in [4.78, 5) is 11.3. The molecule has 0 unspecified atom stereocenters. The Labute approximate surface area is 73.7 Å². The molecule has 2 fully saturated rings. The van der Waals surface area contributed by atoms with E-state index in [1.165, 1.54) is 25.7 Å². The first-order chi connectivity index (χ1) is 5.84. The summed E-state index contributed by atoms with van der Waals surface area (Å²) in [5.41, 5.74) is 0. The number of hydrogen-bond donors (Lipinski definition) is 1. The quantitative estimate of drug-likeness (QED) is 0.649. The summed E-state index contributed by atoms with van der Waals surface area (Å²) >= 11 is 0. The van der Waals surface area contributed by atoms with Gasteiger partial charge in [-0.2, -0.15) is 0 Å². The van der Waals surface area contributed by atoms with Crippen LogP contribution in [0.3, 0.4) is 0 Å². The number of ketones is 1. The van der Waals surface area contributed by atoms with E-state index in [-0.39, 0.29) is 0 Å². The van der Waals surface area contributed by atoms with Crippen LogP contribution in [0.4, 0.5) is 0 Å². The Morgan fingerprint density at radius 2 is 2.00 bits per heavy atom. The third kappa shape index (κ3) is 2.94. The molecule has 0 aromatic carbocycles. The summed E-state index contributed by atoms with van der Waals surface area (Å²) in [5.74, 6) is 1.23. The lowest BCUT2D eigenvalue weighted by Crippen LogP contribution is -2.20. The van der Waals surface area contributed by atoms with Crippen LogP contribution in [0.5, 0.6) is 0 Å². The van der Waals surface area contributed by atoms with Crippen LogP contribution in [0.25, 0.3) is 0 Å². The van der Waals surface area contributed by atoms with Crippen molar-refractivity contribution in [2.45, 2.75) is 44.6 Å². The first-order valence-corrected chi connectivity index (χ1v) is 5.09. The Morgan fingerprint density at radius 1 is 1.25 bits per heavy atom. The number of rotatable bonds is 6. The van der Waals surface area contributed by atoms with Crippen molar-refractivity contribution in [3.8, 4) is 0 Å². The summed E-state index contributed by atoms with van der Waals surface area (Å²) in [6.07, 6.45) is 6.83.